The zero-order valence-electron chi connectivity index (χ0n) is 13.2. The van der Waals surface area contributed by atoms with Crippen molar-refractivity contribution in [3.8, 4) is 11.8 Å². The Labute approximate surface area is 145 Å². The molecule has 0 aliphatic carbocycles. The van der Waals surface area contributed by atoms with Crippen LogP contribution in [0.1, 0.15) is 18.1 Å². The minimum absolute atomic E-state index is 0.307. The van der Waals surface area contributed by atoms with Gasteiger partial charge in [0.15, 0.2) is 5.11 Å². The lowest BCUT2D eigenvalue weighted by atomic mass is 10.1. The van der Waals surface area contributed by atoms with Crippen LogP contribution in [0, 0.1) is 17.1 Å². The summed E-state index contributed by atoms with van der Waals surface area (Å²) in [5.74, 6) is 0.617. The number of hydrogen-bond acceptors (Lipinski definition) is 4. The van der Waals surface area contributed by atoms with E-state index in [1.165, 1.54) is 6.07 Å². The van der Waals surface area contributed by atoms with Gasteiger partial charge in [-0.1, -0.05) is 6.07 Å². The number of pyridine rings is 1. The van der Waals surface area contributed by atoms with Gasteiger partial charge in [-0.25, -0.2) is 9.37 Å². The largest absolute Gasteiger partial charge is 0.493 e. The molecule has 0 radical (unpaired) electrons. The molecule has 1 heterocycles. The molecule has 2 N–H and O–H groups in total. The lowest BCUT2D eigenvalue weighted by Crippen LogP contribution is -2.31. The van der Waals surface area contributed by atoms with Gasteiger partial charge in [0, 0.05) is 18.3 Å². The number of hydrogen-bond donors (Lipinski definition) is 2. The molecule has 1 aromatic carbocycles. The maximum Gasteiger partial charge on any atom is 0.171 e. The highest BCUT2D eigenvalue weighted by molar-refractivity contribution is 7.80. The van der Waals surface area contributed by atoms with Crippen molar-refractivity contribution in [1.29, 1.82) is 5.26 Å². The first kappa shape index (κ1) is 17.6. The minimum Gasteiger partial charge on any atom is -0.493 e. The van der Waals surface area contributed by atoms with E-state index in [1.807, 2.05) is 13.0 Å². The first-order valence-corrected chi connectivity index (χ1v) is 7.86. The molecule has 5 nitrogen and oxygen atoms in total. The Bertz CT molecular complexity index is 760. The minimum atomic E-state index is -0.307. The van der Waals surface area contributed by atoms with Gasteiger partial charge in [-0.2, -0.15) is 5.26 Å². The molecule has 7 heteroatoms. The number of thiocarbonyl (C=S) groups is 1. The molecular formula is C17H17FN4OS. The lowest BCUT2D eigenvalue weighted by Gasteiger charge is -2.13. The van der Waals surface area contributed by atoms with Crippen molar-refractivity contribution in [3.63, 3.8) is 0 Å². The molecule has 0 unspecified atom stereocenters. The van der Waals surface area contributed by atoms with Gasteiger partial charge >= 0.3 is 0 Å². The number of aromatic nitrogens is 1. The van der Waals surface area contributed by atoms with Crippen LogP contribution in [-0.4, -0.2) is 23.2 Å². The number of ether oxygens (including phenoxy) is 1. The first-order chi connectivity index (χ1) is 11.7. The van der Waals surface area contributed by atoms with E-state index in [4.69, 9.17) is 22.2 Å². The van der Waals surface area contributed by atoms with Gasteiger partial charge in [-0.05, 0) is 49.8 Å². The van der Waals surface area contributed by atoms with E-state index in [0.29, 0.717) is 47.4 Å². The first-order valence-electron chi connectivity index (χ1n) is 7.45. The number of nitriles is 1. The second-order valence-electron chi connectivity index (χ2n) is 4.79. The third-order valence-corrected chi connectivity index (χ3v) is 3.44. The van der Waals surface area contributed by atoms with Crippen LogP contribution in [0.15, 0.2) is 36.5 Å². The summed E-state index contributed by atoms with van der Waals surface area (Å²) in [6.45, 7) is 2.74. The fourth-order valence-electron chi connectivity index (χ4n) is 2.12. The smallest absolute Gasteiger partial charge is 0.171 e. The summed E-state index contributed by atoms with van der Waals surface area (Å²) in [5, 5.41) is 15.2. The fourth-order valence-corrected chi connectivity index (χ4v) is 2.32. The molecule has 2 aromatic rings. The molecule has 0 aliphatic heterocycles. The van der Waals surface area contributed by atoms with Gasteiger partial charge in [0.2, 0.25) is 0 Å². The molecule has 2 rings (SSSR count). The Morgan fingerprint density at radius 1 is 1.38 bits per heavy atom. The summed E-state index contributed by atoms with van der Waals surface area (Å²) < 4.78 is 19.4. The number of nitrogens with one attached hydrogen (secondary N) is 2. The zero-order valence-corrected chi connectivity index (χ0v) is 14.0. The Morgan fingerprint density at radius 2 is 2.21 bits per heavy atom. The highest BCUT2D eigenvalue weighted by Crippen LogP contribution is 2.21. The molecule has 0 bridgehead atoms. The van der Waals surface area contributed by atoms with Crippen molar-refractivity contribution in [2.24, 2.45) is 0 Å². The van der Waals surface area contributed by atoms with Crippen molar-refractivity contribution in [2.45, 2.75) is 13.3 Å². The second kappa shape index (κ2) is 8.79. The molecule has 24 heavy (non-hydrogen) atoms. The van der Waals surface area contributed by atoms with Crippen LogP contribution in [0.2, 0.25) is 0 Å². The maximum absolute atomic E-state index is 13.9. The van der Waals surface area contributed by atoms with E-state index in [-0.39, 0.29) is 5.82 Å². The van der Waals surface area contributed by atoms with Crippen molar-refractivity contribution in [1.82, 2.24) is 10.3 Å². The molecule has 0 fully saturated rings. The summed E-state index contributed by atoms with van der Waals surface area (Å²) in [5.41, 5.74) is 0.902. The summed E-state index contributed by atoms with van der Waals surface area (Å²) in [4.78, 5) is 4.07. The van der Waals surface area contributed by atoms with E-state index < -0.39 is 0 Å². The van der Waals surface area contributed by atoms with Gasteiger partial charge < -0.3 is 15.4 Å². The van der Waals surface area contributed by atoms with E-state index in [0.717, 1.165) is 0 Å². The number of nitrogens with zero attached hydrogens (tertiary/aromatic N) is 2. The van der Waals surface area contributed by atoms with Gasteiger partial charge in [0.05, 0.1) is 12.2 Å². The van der Waals surface area contributed by atoms with E-state index in [9.17, 15) is 4.39 Å². The normalized spacial score (nSPS) is 9.88. The quantitative estimate of drug-likeness (QED) is 0.785. The molecule has 1 aromatic heterocycles. The van der Waals surface area contributed by atoms with Crippen molar-refractivity contribution >= 4 is 23.1 Å². The summed E-state index contributed by atoms with van der Waals surface area (Å²) in [6.07, 6.45) is 1.98. The van der Waals surface area contributed by atoms with E-state index in [1.54, 1.807) is 30.5 Å². The highest BCUT2D eigenvalue weighted by atomic mass is 32.1. The standard InChI is InChI=1S/C17H17FN4OS/c1-2-23-15-7-3-6-14(18)13(15)8-10-21-17(24)22-16-12(11-19)5-4-9-20-16/h3-7,9H,2,8,10H2,1H3,(H2,20,21,22,24). The van der Waals surface area contributed by atoms with Crippen molar-refractivity contribution in [2.75, 3.05) is 18.5 Å². The number of anilines is 1. The number of benzene rings is 1. The fraction of sp³-hybridized carbons (Fsp3) is 0.235. The predicted octanol–water partition coefficient (Wildman–Crippen LogP) is 3.02. The van der Waals surface area contributed by atoms with Crippen LogP contribution >= 0.6 is 12.2 Å². The van der Waals surface area contributed by atoms with Crippen LogP contribution < -0.4 is 15.4 Å². The van der Waals surface area contributed by atoms with Gasteiger partial charge in [-0.15, -0.1) is 0 Å². The molecule has 0 saturated heterocycles. The summed E-state index contributed by atoms with van der Waals surface area (Å²) >= 11 is 5.18. The Balaban J connectivity index is 1.93. The Kier molecular flexibility index (Phi) is 6.46. The molecule has 0 amide bonds. The van der Waals surface area contributed by atoms with Crippen LogP contribution in [0.3, 0.4) is 0 Å². The second-order valence-corrected chi connectivity index (χ2v) is 5.20. The highest BCUT2D eigenvalue weighted by Gasteiger charge is 2.10. The third kappa shape index (κ3) is 4.64. The summed E-state index contributed by atoms with van der Waals surface area (Å²) in [7, 11) is 0. The monoisotopic (exact) mass is 344 g/mol. The molecule has 124 valence electrons. The molecule has 0 spiro atoms. The Hall–Kier alpha value is -2.72. The molecular weight excluding hydrogens is 327 g/mol. The molecule has 0 aliphatic rings. The lowest BCUT2D eigenvalue weighted by molar-refractivity contribution is 0.333. The average molecular weight is 344 g/mol. The summed E-state index contributed by atoms with van der Waals surface area (Å²) in [6, 6.07) is 10.1. The van der Waals surface area contributed by atoms with Gasteiger partial charge in [0.1, 0.15) is 23.5 Å². The van der Waals surface area contributed by atoms with Gasteiger partial charge in [-0.3, -0.25) is 0 Å². The topological polar surface area (TPSA) is 70.0 Å². The SMILES string of the molecule is CCOc1cccc(F)c1CCNC(=S)Nc1ncccc1C#N. The van der Waals surface area contributed by atoms with Crippen LogP contribution in [0.4, 0.5) is 10.2 Å². The van der Waals surface area contributed by atoms with Crippen LogP contribution in [0.5, 0.6) is 5.75 Å². The zero-order chi connectivity index (χ0) is 17.4. The average Bonchev–Trinajstić information content (AvgIpc) is 2.58. The molecule has 0 atom stereocenters. The van der Waals surface area contributed by atoms with E-state index >= 15 is 0 Å². The van der Waals surface area contributed by atoms with Crippen molar-refractivity contribution in [3.05, 3.63) is 53.5 Å². The van der Waals surface area contributed by atoms with Crippen LogP contribution in [0.25, 0.3) is 0 Å². The van der Waals surface area contributed by atoms with E-state index in [2.05, 4.69) is 15.6 Å². The Morgan fingerprint density at radius 3 is 2.96 bits per heavy atom. The predicted molar refractivity (Wildman–Crippen MR) is 94.4 cm³/mol. The number of halogens is 1. The molecule has 0 saturated carbocycles. The maximum atomic E-state index is 13.9. The van der Waals surface area contributed by atoms with Gasteiger partial charge in [0.25, 0.3) is 0 Å². The van der Waals surface area contributed by atoms with Crippen molar-refractivity contribution < 1.29 is 9.13 Å². The number of rotatable bonds is 6. The third-order valence-electron chi connectivity index (χ3n) is 3.20. The van der Waals surface area contributed by atoms with Crippen LogP contribution in [-0.2, 0) is 6.42 Å².